The van der Waals surface area contributed by atoms with Crippen LogP contribution in [0.5, 0.6) is 5.75 Å². The fourth-order valence-corrected chi connectivity index (χ4v) is 3.49. The number of likely N-dealkylation sites (tertiary alicyclic amines) is 1. The third-order valence-corrected chi connectivity index (χ3v) is 4.53. The van der Waals surface area contributed by atoms with Gasteiger partial charge in [0.2, 0.25) is 0 Å². The summed E-state index contributed by atoms with van der Waals surface area (Å²) in [5.74, 6) is 0.990. The van der Waals surface area contributed by atoms with Crippen molar-refractivity contribution >= 4 is 10.8 Å². The summed E-state index contributed by atoms with van der Waals surface area (Å²) in [6.45, 7) is 3.86. The first kappa shape index (κ1) is 13.1. The van der Waals surface area contributed by atoms with Crippen LogP contribution in [0.1, 0.15) is 12.8 Å². The van der Waals surface area contributed by atoms with Crippen LogP contribution in [0.15, 0.2) is 42.5 Å². The maximum Gasteiger partial charge on any atom is 0.127 e. The molecule has 0 spiro atoms. The Hall–Kier alpha value is -1.58. The van der Waals surface area contributed by atoms with E-state index in [0.29, 0.717) is 12.2 Å². The van der Waals surface area contributed by atoms with E-state index in [1.54, 1.807) is 0 Å². The molecule has 2 aromatic rings. The minimum absolute atomic E-state index is 0.460. The van der Waals surface area contributed by atoms with Gasteiger partial charge in [0.1, 0.15) is 12.4 Å². The smallest absolute Gasteiger partial charge is 0.127 e. The first-order chi connectivity index (χ1) is 10.4. The Balaban J connectivity index is 1.38. The fraction of sp³-hybridized carbons (Fsp3) is 0.444. The van der Waals surface area contributed by atoms with Crippen molar-refractivity contribution in [3.8, 4) is 5.75 Å². The van der Waals surface area contributed by atoms with E-state index in [9.17, 15) is 0 Å². The summed E-state index contributed by atoms with van der Waals surface area (Å²) in [6.07, 6.45) is 3.37. The molecular weight excluding hydrogens is 262 g/mol. The molecule has 110 valence electrons. The number of rotatable bonds is 4. The summed E-state index contributed by atoms with van der Waals surface area (Å²) < 4.78 is 11.9. The van der Waals surface area contributed by atoms with Crippen LogP contribution in [0.25, 0.3) is 10.8 Å². The van der Waals surface area contributed by atoms with Crippen molar-refractivity contribution in [1.29, 1.82) is 0 Å². The van der Waals surface area contributed by atoms with E-state index in [4.69, 9.17) is 9.47 Å². The van der Waals surface area contributed by atoms with Gasteiger partial charge in [-0.1, -0.05) is 36.4 Å². The van der Waals surface area contributed by atoms with Gasteiger partial charge in [-0.05, 0) is 24.3 Å². The zero-order valence-electron chi connectivity index (χ0n) is 12.2. The van der Waals surface area contributed by atoms with Crippen molar-refractivity contribution in [2.24, 2.45) is 0 Å². The van der Waals surface area contributed by atoms with E-state index in [-0.39, 0.29) is 0 Å². The zero-order chi connectivity index (χ0) is 14.1. The number of morpholine rings is 1. The monoisotopic (exact) mass is 283 g/mol. The SMILES string of the molecule is c1ccc2c(OCCN3CC4CCC(C3)O4)cccc2c1. The van der Waals surface area contributed by atoms with E-state index >= 15 is 0 Å². The van der Waals surface area contributed by atoms with Gasteiger partial charge in [0, 0.05) is 25.0 Å². The highest BCUT2D eigenvalue weighted by atomic mass is 16.5. The standard InChI is InChI=1S/C18H21NO2/c1-2-6-17-14(4-1)5-3-7-18(17)20-11-10-19-12-15-8-9-16(13-19)21-15/h1-7,15-16H,8-13H2. The van der Waals surface area contributed by atoms with E-state index < -0.39 is 0 Å². The second-order valence-electron chi connectivity index (χ2n) is 6.04. The van der Waals surface area contributed by atoms with Gasteiger partial charge >= 0.3 is 0 Å². The molecule has 0 N–H and O–H groups in total. The van der Waals surface area contributed by atoms with Crippen LogP contribution in [0.2, 0.25) is 0 Å². The molecule has 0 radical (unpaired) electrons. The van der Waals surface area contributed by atoms with Crippen molar-refractivity contribution in [2.45, 2.75) is 25.0 Å². The van der Waals surface area contributed by atoms with Crippen LogP contribution < -0.4 is 4.74 Å². The van der Waals surface area contributed by atoms with Gasteiger partial charge in [-0.3, -0.25) is 4.90 Å². The highest BCUT2D eigenvalue weighted by Gasteiger charge is 2.33. The second kappa shape index (κ2) is 5.66. The lowest BCUT2D eigenvalue weighted by Crippen LogP contribution is -2.44. The molecule has 3 heteroatoms. The molecule has 2 aliphatic heterocycles. The van der Waals surface area contributed by atoms with Crippen LogP contribution in [0.3, 0.4) is 0 Å². The molecule has 0 amide bonds. The van der Waals surface area contributed by atoms with Crippen LogP contribution in [0, 0.1) is 0 Å². The summed E-state index contributed by atoms with van der Waals surface area (Å²) in [6, 6.07) is 14.6. The molecule has 3 nitrogen and oxygen atoms in total. The average Bonchev–Trinajstić information content (AvgIpc) is 2.86. The Morgan fingerprint density at radius 3 is 2.62 bits per heavy atom. The van der Waals surface area contributed by atoms with E-state index in [2.05, 4.69) is 47.4 Å². The van der Waals surface area contributed by atoms with Gasteiger partial charge in [-0.25, -0.2) is 0 Å². The summed E-state index contributed by atoms with van der Waals surface area (Å²) in [5, 5.41) is 2.43. The predicted molar refractivity (Wildman–Crippen MR) is 83.8 cm³/mol. The van der Waals surface area contributed by atoms with Gasteiger partial charge in [-0.15, -0.1) is 0 Å². The molecule has 2 heterocycles. The highest BCUT2D eigenvalue weighted by Crippen LogP contribution is 2.27. The summed E-state index contributed by atoms with van der Waals surface area (Å²) in [5.41, 5.74) is 0. The lowest BCUT2D eigenvalue weighted by molar-refractivity contribution is -0.0408. The van der Waals surface area contributed by atoms with E-state index in [0.717, 1.165) is 32.0 Å². The molecule has 2 unspecified atom stereocenters. The Morgan fingerprint density at radius 1 is 1.00 bits per heavy atom. The van der Waals surface area contributed by atoms with Crippen molar-refractivity contribution in [3.05, 3.63) is 42.5 Å². The van der Waals surface area contributed by atoms with Crippen molar-refractivity contribution in [1.82, 2.24) is 4.90 Å². The van der Waals surface area contributed by atoms with Crippen molar-refractivity contribution < 1.29 is 9.47 Å². The molecule has 0 saturated carbocycles. The summed E-state index contributed by atoms with van der Waals surface area (Å²) >= 11 is 0. The molecule has 0 aromatic heterocycles. The molecule has 2 aromatic carbocycles. The lowest BCUT2D eigenvalue weighted by Gasteiger charge is -2.31. The first-order valence-corrected chi connectivity index (χ1v) is 7.87. The van der Waals surface area contributed by atoms with E-state index in [1.807, 2.05) is 0 Å². The molecule has 2 saturated heterocycles. The molecule has 2 fully saturated rings. The average molecular weight is 283 g/mol. The normalized spacial score (nSPS) is 25.3. The summed E-state index contributed by atoms with van der Waals surface area (Å²) in [7, 11) is 0. The number of hydrogen-bond acceptors (Lipinski definition) is 3. The quantitative estimate of drug-likeness (QED) is 0.860. The molecule has 21 heavy (non-hydrogen) atoms. The third kappa shape index (κ3) is 2.76. The van der Waals surface area contributed by atoms with Crippen LogP contribution in [-0.4, -0.2) is 43.3 Å². The van der Waals surface area contributed by atoms with Crippen LogP contribution in [-0.2, 0) is 4.74 Å². The van der Waals surface area contributed by atoms with Crippen molar-refractivity contribution in [2.75, 3.05) is 26.2 Å². The van der Waals surface area contributed by atoms with Gasteiger partial charge in [0.25, 0.3) is 0 Å². The van der Waals surface area contributed by atoms with Gasteiger partial charge < -0.3 is 9.47 Å². The summed E-state index contributed by atoms with van der Waals surface area (Å²) in [4.78, 5) is 2.48. The predicted octanol–water partition coefficient (Wildman–Crippen LogP) is 3.08. The second-order valence-corrected chi connectivity index (χ2v) is 6.04. The zero-order valence-corrected chi connectivity index (χ0v) is 12.2. The maximum atomic E-state index is 6.03. The first-order valence-electron chi connectivity index (χ1n) is 7.87. The Bertz CT molecular complexity index is 610. The third-order valence-electron chi connectivity index (χ3n) is 4.53. The maximum absolute atomic E-state index is 6.03. The van der Waals surface area contributed by atoms with Gasteiger partial charge in [-0.2, -0.15) is 0 Å². The van der Waals surface area contributed by atoms with Crippen molar-refractivity contribution in [3.63, 3.8) is 0 Å². The van der Waals surface area contributed by atoms with Gasteiger partial charge in [0.05, 0.1) is 12.2 Å². The van der Waals surface area contributed by atoms with Gasteiger partial charge in [0.15, 0.2) is 0 Å². The topological polar surface area (TPSA) is 21.7 Å². The minimum atomic E-state index is 0.460. The number of ether oxygens (including phenoxy) is 2. The Labute approximate surface area is 125 Å². The number of nitrogens with zero attached hydrogens (tertiary/aromatic N) is 1. The largest absolute Gasteiger partial charge is 0.492 e. The number of benzene rings is 2. The minimum Gasteiger partial charge on any atom is -0.492 e. The molecule has 2 atom stereocenters. The Morgan fingerprint density at radius 2 is 1.76 bits per heavy atom. The fourth-order valence-electron chi connectivity index (χ4n) is 3.49. The van der Waals surface area contributed by atoms with Crippen LogP contribution >= 0.6 is 0 Å². The Kier molecular flexibility index (Phi) is 3.53. The van der Waals surface area contributed by atoms with E-state index in [1.165, 1.54) is 23.6 Å². The molecule has 0 aliphatic carbocycles. The lowest BCUT2D eigenvalue weighted by atomic mass is 10.1. The number of fused-ring (bicyclic) bond motifs is 3. The highest BCUT2D eigenvalue weighted by molar-refractivity contribution is 5.88. The molecular formula is C18H21NO2. The molecule has 4 rings (SSSR count). The molecule has 2 aliphatic rings. The molecule has 2 bridgehead atoms. The van der Waals surface area contributed by atoms with Crippen LogP contribution in [0.4, 0.5) is 0 Å². The number of hydrogen-bond donors (Lipinski definition) is 0.